The Kier molecular flexibility index (Phi) is 4.75. The van der Waals surface area contributed by atoms with Crippen LogP contribution in [0.4, 0.5) is 0 Å². The van der Waals surface area contributed by atoms with Crippen molar-refractivity contribution in [3.8, 4) is 0 Å². The normalized spacial score (nSPS) is 10.9. The Balaban J connectivity index is 2.20. The molecule has 3 nitrogen and oxygen atoms in total. The molecule has 3 rings (SSSR count). The first-order valence-electron chi connectivity index (χ1n) is 6.79. The summed E-state index contributed by atoms with van der Waals surface area (Å²) < 4.78 is 0.957. The van der Waals surface area contributed by atoms with Gasteiger partial charge in [-0.15, -0.1) is 0 Å². The number of aromatic amines is 1. The average molecular weight is 457 g/mol. The summed E-state index contributed by atoms with van der Waals surface area (Å²) in [5.41, 5.74) is 2.35. The molecule has 6 heteroatoms. The summed E-state index contributed by atoms with van der Waals surface area (Å²) in [4.78, 5) is 16.0. The minimum Gasteiger partial charge on any atom is -0.357 e. The van der Waals surface area contributed by atoms with Crippen molar-refractivity contribution in [2.45, 2.75) is 6.42 Å². The van der Waals surface area contributed by atoms with Crippen LogP contribution in [0.5, 0.6) is 0 Å². The first kappa shape index (κ1) is 16.5. The van der Waals surface area contributed by atoms with Crippen molar-refractivity contribution in [1.29, 1.82) is 5.41 Å². The summed E-state index contributed by atoms with van der Waals surface area (Å²) in [7, 11) is 0. The van der Waals surface area contributed by atoms with Crippen molar-refractivity contribution < 1.29 is 0 Å². The highest BCUT2D eigenvalue weighted by Crippen LogP contribution is 2.19. The van der Waals surface area contributed by atoms with Gasteiger partial charge in [-0.3, -0.25) is 10.2 Å². The van der Waals surface area contributed by atoms with Gasteiger partial charge in [0.2, 0.25) is 0 Å². The van der Waals surface area contributed by atoms with Gasteiger partial charge in [-0.25, -0.2) is 0 Å². The molecule has 0 aliphatic rings. The fraction of sp³-hybridized carbons (Fsp3) is 0.0588. The minimum atomic E-state index is -0.254. The predicted octanol–water partition coefficient (Wildman–Crippen LogP) is 4.94. The van der Waals surface area contributed by atoms with Crippen LogP contribution in [0.2, 0.25) is 5.02 Å². The summed E-state index contributed by atoms with van der Waals surface area (Å²) in [5, 5.41) is 8.71. The van der Waals surface area contributed by atoms with Crippen LogP contribution in [0.3, 0.4) is 0 Å². The van der Waals surface area contributed by atoms with Crippen molar-refractivity contribution >= 4 is 61.9 Å². The third-order valence-corrected chi connectivity index (χ3v) is 4.67. The van der Waals surface area contributed by atoms with Crippen molar-refractivity contribution in [3.63, 3.8) is 0 Å². The summed E-state index contributed by atoms with van der Waals surface area (Å²) in [6.45, 7) is 0. The van der Waals surface area contributed by atoms with E-state index in [-0.39, 0.29) is 16.2 Å². The number of fused-ring (bicyclic) bond motifs is 1. The highest BCUT2D eigenvalue weighted by Gasteiger charge is 2.15. The van der Waals surface area contributed by atoms with E-state index >= 15 is 0 Å². The van der Waals surface area contributed by atoms with E-state index in [0.29, 0.717) is 22.5 Å². The molecule has 0 aliphatic heterocycles. The molecule has 0 bridgehead atoms. The zero-order valence-electron chi connectivity index (χ0n) is 11.8. The number of aromatic nitrogens is 1. The zero-order chi connectivity index (χ0) is 16.6. The van der Waals surface area contributed by atoms with Gasteiger partial charge in [0.15, 0.2) is 5.43 Å². The minimum absolute atomic E-state index is 0.219. The van der Waals surface area contributed by atoms with Gasteiger partial charge in [-0.05, 0) is 58.5 Å². The number of pyridine rings is 1. The molecule has 0 saturated heterocycles. The third kappa shape index (κ3) is 3.44. The maximum atomic E-state index is 12.7. The largest absolute Gasteiger partial charge is 0.357 e. The Labute approximate surface area is 156 Å². The molecule has 0 unspecified atom stereocenters. The van der Waals surface area contributed by atoms with Crippen LogP contribution in [-0.4, -0.2) is 10.2 Å². The van der Waals surface area contributed by atoms with E-state index in [1.807, 2.05) is 24.3 Å². The van der Waals surface area contributed by atoms with E-state index in [9.17, 15) is 4.79 Å². The lowest BCUT2D eigenvalue weighted by molar-refractivity contribution is 1.08. The molecule has 0 amide bonds. The van der Waals surface area contributed by atoms with E-state index in [1.165, 1.54) is 0 Å². The lowest BCUT2D eigenvalue weighted by atomic mass is 10.0. The van der Waals surface area contributed by atoms with Crippen molar-refractivity contribution in [2.24, 2.45) is 0 Å². The van der Waals surface area contributed by atoms with Gasteiger partial charge in [0.05, 0.1) is 5.56 Å². The SMILES string of the molecule is N=C(Cl)c1c(Cc2ccc(Cl)cc2)[nH]c2ccc(I)cc2c1=O. The van der Waals surface area contributed by atoms with Gasteiger partial charge in [0.1, 0.15) is 5.17 Å². The molecule has 1 heterocycles. The van der Waals surface area contributed by atoms with E-state index < -0.39 is 0 Å². The number of H-pyrrole nitrogens is 1. The Bertz CT molecular complexity index is 965. The van der Waals surface area contributed by atoms with Gasteiger partial charge in [0, 0.05) is 31.6 Å². The molecular formula is C17H11Cl2IN2O. The summed E-state index contributed by atoms with van der Waals surface area (Å²) >= 11 is 13.9. The second kappa shape index (κ2) is 6.63. The lowest BCUT2D eigenvalue weighted by Gasteiger charge is -2.10. The molecule has 0 spiro atoms. The van der Waals surface area contributed by atoms with Crippen molar-refractivity contribution in [2.75, 3.05) is 0 Å². The van der Waals surface area contributed by atoms with E-state index in [1.54, 1.807) is 18.2 Å². The second-order valence-electron chi connectivity index (χ2n) is 5.11. The molecule has 1 aromatic heterocycles. The van der Waals surface area contributed by atoms with Crippen LogP contribution in [0, 0.1) is 8.98 Å². The summed E-state index contributed by atoms with van der Waals surface area (Å²) in [5.74, 6) is 0. The first-order valence-corrected chi connectivity index (χ1v) is 8.62. The number of hydrogen-bond acceptors (Lipinski definition) is 2. The summed E-state index contributed by atoms with van der Waals surface area (Å²) in [6.07, 6.45) is 0.471. The fourth-order valence-electron chi connectivity index (χ4n) is 2.48. The van der Waals surface area contributed by atoms with Gasteiger partial charge in [-0.2, -0.15) is 0 Å². The first-order chi connectivity index (χ1) is 11.0. The van der Waals surface area contributed by atoms with Crippen LogP contribution < -0.4 is 5.43 Å². The van der Waals surface area contributed by atoms with Gasteiger partial charge < -0.3 is 4.98 Å². The second-order valence-corrected chi connectivity index (χ2v) is 7.17. The van der Waals surface area contributed by atoms with Gasteiger partial charge in [0.25, 0.3) is 0 Å². The predicted molar refractivity (Wildman–Crippen MR) is 104 cm³/mol. The molecule has 0 saturated carbocycles. The van der Waals surface area contributed by atoms with E-state index in [2.05, 4.69) is 27.6 Å². The molecule has 116 valence electrons. The maximum absolute atomic E-state index is 12.7. The molecule has 23 heavy (non-hydrogen) atoms. The molecule has 2 N–H and O–H groups in total. The van der Waals surface area contributed by atoms with E-state index in [0.717, 1.165) is 14.7 Å². The molecule has 3 aromatic rings. The van der Waals surface area contributed by atoms with Gasteiger partial charge in [-0.1, -0.05) is 35.3 Å². The topological polar surface area (TPSA) is 56.7 Å². The van der Waals surface area contributed by atoms with Crippen LogP contribution in [0.25, 0.3) is 10.9 Å². The quantitative estimate of drug-likeness (QED) is 0.425. The number of rotatable bonds is 3. The Morgan fingerprint density at radius 3 is 2.52 bits per heavy atom. The molecule has 0 atom stereocenters. The molecule has 2 aromatic carbocycles. The fourth-order valence-corrected chi connectivity index (χ4v) is 3.30. The van der Waals surface area contributed by atoms with Crippen LogP contribution >= 0.6 is 45.8 Å². The maximum Gasteiger partial charge on any atom is 0.200 e. The number of benzene rings is 2. The standard InChI is InChI=1S/C17H11Cl2IN2O/c18-10-3-1-9(2-4-10)7-14-15(17(19)21)16(23)12-8-11(20)5-6-13(12)22-14/h1-6,8,21H,7H2,(H,22,23). The third-order valence-electron chi connectivity index (χ3n) is 3.55. The number of halogens is 3. The summed E-state index contributed by atoms with van der Waals surface area (Å²) in [6, 6.07) is 13.0. The van der Waals surface area contributed by atoms with Crippen LogP contribution in [0.1, 0.15) is 16.8 Å². The molecule has 0 radical (unpaired) electrons. The highest BCUT2D eigenvalue weighted by molar-refractivity contribution is 14.1. The number of hydrogen-bond donors (Lipinski definition) is 2. The van der Waals surface area contributed by atoms with E-state index in [4.69, 9.17) is 28.6 Å². The Morgan fingerprint density at radius 1 is 1.17 bits per heavy atom. The van der Waals surface area contributed by atoms with Crippen molar-refractivity contribution in [1.82, 2.24) is 4.98 Å². The monoisotopic (exact) mass is 456 g/mol. The molecule has 0 fully saturated rings. The smallest absolute Gasteiger partial charge is 0.200 e. The van der Waals surface area contributed by atoms with Gasteiger partial charge >= 0.3 is 0 Å². The lowest BCUT2D eigenvalue weighted by Crippen LogP contribution is -2.18. The Hall–Kier alpha value is -1.37. The van der Waals surface area contributed by atoms with Crippen LogP contribution in [0.15, 0.2) is 47.3 Å². The zero-order valence-corrected chi connectivity index (χ0v) is 15.5. The Morgan fingerprint density at radius 2 is 1.87 bits per heavy atom. The average Bonchev–Trinajstić information content (AvgIpc) is 2.50. The number of nitrogens with one attached hydrogen (secondary N) is 2. The molecule has 0 aliphatic carbocycles. The molecular weight excluding hydrogens is 446 g/mol. The highest BCUT2D eigenvalue weighted by atomic mass is 127. The van der Waals surface area contributed by atoms with Crippen molar-refractivity contribution in [3.05, 3.63) is 78.1 Å². The van der Waals surface area contributed by atoms with Crippen LogP contribution in [-0.2, 0) is 6.42 Å².